The minimum absolute atomic E-state index is 0.0977. The normalized spacial score (nSPS) is 12.3. The van der Waals surface area contributed by atoms with Crippen LogP contribution in [0.2, 0.25) is 0 Å². The zero-order valence-electron chi connectivity index (χ0n) is 19.5. The number of aromatic amines is 2. The van der Waals surface area contributed by atoms with E-state index in [4.69, 9.17) is 9.84 Å². The Labute approximate surface area is 215 Å². The van der Waals surface area contributed by atoms with E-state index in [1.165, 1.54) is 10.6 Å². The molecule has 0 aliphatic heterocycles. The van der Waals surface area contributed by atoms with Crippen LogP contribution in [0, 0.1) is 22.2 Å². The fourth-order valence-electron chi connectivity index (χ4n) is 4.08. The molecule has 4 N–H and O–H groups in total. The van der Waals surface area contributed by atoms with E-state index in [0.29, 0.717) is 34.1 Å². The Morgan fingerprint density at radius 1 is 1.17 bits per heavy atom. The van der Waals surface area contributed by atoms with Gasteiger partial charge in [0.2, 0.25) is 5.88 Å². The molecule has 0 unspecified atom stereocenters. The zero-order chi connectivity index (χ0) is 25.3. The monoisotopic (exact) mass is 592 g/mol. The van der Waals surface area contributed by atoms with Crippen LogP contribution in [0.4, 0.5) is 4.39 Å². The summed E-state index contributed by atoms with van der Waals surface area (Å²) >= 11 is 2.05. The second-order valence-corrected chi connectivity index (χ2v) is 9.75. The summed E-state index contributed by atoms with van der Waals surface area (Å²) < 4.78 is 22.1. The number of aromatic hydroxyl groups is 1. The zero-order valence-corrected chi connectivity index (χ0v) is 21.6. The predicted molar refractivity (Wildman–Crippen MR) is 139 cm³/mol. The Bertz CT molecular complexity index is 1390. The van der Waals surface area contributed by atoms with Crippen molar-refractivity contribution in [2.24, 2.45) is 5.92 Å². The van der Waals surface area contributed by atoms with Gasteiger partial charge in [-0.25, -0.2) is 14.2 Å². The summed E-state index contributed by atoms with van der Waals surface area (Å²) in [6.45, 7) is 5.70. The molecule has 2 aromatic heterocycles. The molecule has 0 radical (unpaired) electrons. The number of halogens is 2. The first-order chi connectivity index (χ1) is 16.7. The lowest BCUT2D eigenvalue weighted by atomic mass is 10.0. The van der Waals surface area contributed by atoms with Crippen LogP contribution < -0.4 is 10.4 Å². The number of H-pyrrole nitrogens is 2. The highest BCUT2D eigenvalue weighted by molar-refractivity contribution is 14.1. The number of nitrogens with one attached hydrogen (secondary N) is 2. The summed E-state index contributed by atoms with van der Waals surface area (Å²) in [5, 5.41) is 20.0. The molecule has 2 heterocycles. The number of hydrogen-bond donors (Lipinski definition) is 4. The van der Waals surface area contributed by atoms with Crippen LogP contribution >= 0.6 is 22.6 Å². The lowest BCUT2D eigenvalue weighted by Gasteiger charge is -2.20. The van der Waals surface area contributed by atoms with E-state index < -0.39 is 11.7 Å². The van der Waals surface area contributed by atoms with Crippen molar-refractivity contribution in [2.75, 3.05) is 13.2 Å². The number of aromatic nitrogens is 4. The minimum atomic E-state index is -0.626. The van der Waals surface area contributed by atoms with Crippen LogP contribution in [0.3, 0.4) is 0 Å². The number of rotatable bonds is 8. The van der Waals surface area contributed by atoms with Gasteiger partial charge in [-0.2, -0.15) is 0 Å². The van der Waals surface area contributed by atoms with Crippen molar-refractivity contribution >= 4 is 22.6 Å². The van der Waals surface area contributed by atoms with Crippen LogP contribution in [0.15, 0.2) is 47.3 Å². The number of hydrogen-bond acceptors (Lipinski definition) is 5. The molecule has 0 spiro atoms. The summed E-state index contributed by atoms with van der Waals surface area (Å²) in [6, 6.07) is 11.1. The molecule has 4 aromatic rings. The van der Waals surface area contributed by atoms with Crippen molar-refractivity contribution in [3.63, 3.8) is 0 Å². The summed E-state index contributed by atoms with van der Waals surface area (Å²) in [5.41, 5.74) is 1.85. The first-order valence-electron chi connectivity index (χ1n) is 11.1. The van der Waals surface area contributed by atoms with E-state index >= 15 is 0 Å². The fourth-order valence-corrected chi connectivity index (χ4v) is 4.54. The van der Waals surface area contributed by atoms with Crippen LogP contribution in [-0.4, -0.2) is 42.9 Å². The van der Waals surface area contributed by atoms with Gasteiger partial charge in [0.25, 0.3) is 0 Å². The highest BCUT2D eigenvalue weighted by Crippen LogP contribution is 2.35. The van der Waals surface area contributed by atoms with Gasteiger partial charge < -0.3 is 24.9 Å². The number of nitrogens with zero attached hydrogens (tertiary/aromatic N) is 2. The Morgan fingerprint density at radius 3 is 2.51 bits per heavy atom. The maximum Gasteiger partial charge on any atom is 0.329 e. The van der Waals surface area contributed by atoms with Gasteiger partial charge in [-0.1, -0.05) is 13.8 Å². The van der Waals surface area contributed by atoms with Crippen LogP contribution in [0.25, 0.3) is 22.5 Å². The SMILES string of the molecule is Cc1[nH]c([C@@H](C(C)C)n2c(O)c(-c3ccc(OCCO)cc3)[nH]c2=O)nc1-c1ccc(I)cc1F. The molecule has 8 nitrogen and oxygen atoms in total. The van der Waals surface area contributed by atoms with Crippen molar-refractivity contribution in [3.8, 4) is 34.1 Å². The number of benzene rings is 2. The van der Waals surface area contributed by atoms with Crippen molar-refractivity contribution in [1.82, 2.24) is 19.5 Å². The second kappa shape index (κ2) is 10.2. The Kier molecular flexibility index (Phi) is 7.31. The van der Waals surface area contributed by atoms with E-state index in [1.54, 1.807) is 37.3 Å². The summed E-state index contributed by atoms with van der Waals surface area (Å²) in [5.74, 6) is 0.270. The smallest absolute Gasteiger partial charge is 0.329 e. The second-order valence-electron chi connectivity index (χ2n) is 8.50. The molecule has 35 heavy (non-hydrogen) atoms. The predicted octanol–water partition coefficient (Wildman–Crippen LogP) is 4.61. The van der Waals surface area contributed by atoms with Crippen molar-refractivity contribution in [1.29, 1.82) is 0 Å². The molecule has 0 aliphatic rings. The minimum Gasteiger partial charge on any atom is -0.493 e. The van der Waals surface area contributed by atoms with E-state index in [9.17, 15) is 14.3 Å². The molecule has 184 valence electrons. The molecule has 0 aliphatic carbocycles. The van der Waals surface area contributed by atoms with Gasteiger partial charge in [0, 0.05) is 20.4 Å². The number of aliphatic hydroxyl groups excluding tert-OH is 1. The molecule has 0 saturated heterocycles. The molecule has 2 aromatic carbocycles. The molecular weight excluding hydrogens is 566 g/mol. The first-order valence-corrected chi connectivity index (χ1v) is 12.2. The molecule has 0 fully saturated rings. The fraction of sp³-hybridized carbons (Fsp3) is 0.280. The van der Waals surface area contributed by atoms with Gasteiger partial charge in [0.1, 0.15) is 35.7 Å². The van der Waals surface area contributed by atoms with Crippen molar-refractivity contribution in [3.05, 3.63) is 73.9 Å². The largest absolute Gasteiger partial charge is 0.493 e. The average molecular weight is 592 g/mol. The average Bonchev–Trinajstić information content (AvgIpc) is 3.32. The Balaban J connectivity index is 1.74. The standard InChI is InChI=1S/C25H26FIN4O4/c1-13(2)22(23-28-14(3)20(29-23)18-9-6-16(27)12-19(18)26)31-24(33)21(30-25(31)34)15-4-7-17(8-5-15)35-11-10-32/h4-9,12-13,22,32-33H,10-11H2,1-3H3,(H,28,29)(H,30,34)/t22-/m1/s1. The van der Waals surface area contributed by atoms with Crippen LogP contribution in [0.1, 0.15) is 31.4 Å². The molecule has 0 bridgehead atoms. The van der Waals surface area contributed by atoms with Gasteiger partial charge in [-0.05, 0) is 77.9 Å². The Morgan fingerprint density at radius 2 is 1.89 bits per heavy atom. The quantitative estimate of drug-likeness (QED) is 0.223. The molecule has 4 rings (SSSR count). The van der Waals surface area contributed by atoms with E-state index in [-0.39, 0.29) is 36.5 Å². The number of aryl methyl sites for hydroxylation is 1. The van der Waals surface area contributed by atoms with Gasteiger partial charge in [0.05, 0.1) is 12.3 Å². The Hall–Kier alpha value is -3.12. The molecule has 1 atom stereocenters. The summed E-state index contributed by atoms with van der Waals surface area (Å²) in [4.78, 5) is 23.6. The number of ether oxygens (including phenoxy) is 1. The molecule has 0 amide bonds. The van der Waals surface area contributed by atoms with Gasteiger partial charge in [0.15, 0.2) is 0 Å². The summed E-state index contributed by atoms with van der Waals surface area (Å²) in [6.07, 6.45) is 0. The lowest BCUT2D eigenvalue weighted by molar-refractivity contribution is 0.201. The van der Waals surface area contributed by atoms with Crippen molar-refractivity contribution < 1.29 is 19.3 Å². The molecule has 10 heteroatoms. The first kappa shape index (κ1) is 25.0. The van der Waals surface area contributed by atoms with Gasteiger partial charge in [-0.15, -0.1) is 0 Å². The topological polar surface area (TPSA) is 116 Å². The summed E-state index contributed by atoms with van der Waals surface area (Å²) in [7, 11) is 0. The number of aliphatic hydroxyl groups is 1. The van der Waals surface area contributed by atoms with Crippen LogP contribution in [-0.2, 0) is 0 Å². The maximum atomic E-state index is 14.6. The third-order valence-electron chi connectivity index (χ3n) is 5.68. The van der Waals surface area contributed by atoms with Gasteiger partial charge in [-0.3, -0.25) is 4.57 Å². The van der Waals surface area contributed by atoms with E-state index in [1.807, 2.05) is 42.5 Å². The highest BCUT2D eigenvalue weighted by atomic mass is 127. The van der Waals surface area contributed by atoms with Crippen molar-refractivity contribution in [2.45, 2.75) is 26.8 Å². The molecular formula is C25H26FIN4O4. The van der Waals surface area contributed by atoms with Gasteiger partial charge >= 0.3 is 5.69 Å². The molecule has 0 saturated carbocycles. The lowest BCUT2D eigenvalue weighted by Crippen LogP contribution is -2.27. The van der Waals surface area contributed by atoms with Crippen LogP contribution in [0.5, 0.6) is 11.6 Å². The van der Waals surface area contributed by atoms with E-state index in [0.717, 1.165) is 3.57 Å². The third-order valence-corrected chi connectivity index (χ3v) is 6.36. The number of imidazole rings is 2. The highest BCUT2D eigenvalue weighted by Gasteiger charge is 2.29. The maximum absolute atomic E-state index is 14.6. The van der Waals surface area contributed by atoms with E-state index in [2.05, 4.69) is 15.0 Å². The third kappa shape index (κ3) is 4.98.